The van der Waals surface area contributed by atoms with E-state index >= 15 is 0 Å². The molecule has 90 valence electrons. The summed E-state index contributed by atoms with van der Waals surface area (Å²) in [6, 6.07) is 1.90. The first-order chi connectivity index (χ1) is 7.54. The third-order valence-corrected chi connectivity index (χ3v) is 3.65. The van der Waals surface area contributed by atoms with Crippen molar-refractivity contribution >= 4 is 28.8 Å². The van der Waals surface area contributed by atoms with Gasteiger partial charge < -0.3 is 10.1 Å². The number of aryl methyl sites for hydroxylation is 2. The molecule has 0 aromatic carbocycles. The van der Waals surface area contributed by atoms with Crippen LogP contribution < -0.4 is 5.32 Å². The Bertz CT molecular complexity index is 345. The third-order valence-electron chi connectivity index (χ3n) is 2.22. The second kappa shape index (κ2) is 6.23. The summed E-state index contributed by atoms with van der Waals surface area (Å²) < 4.78 is 4.88. The minimum Gasteiger partial charge on any atom is -0.383 e. The van der Waals surface area contributed by atoms with Gasteiger partial charge in [0.1, 0.15) is 0 Å². The molecular formula is C11H16ClNO2S. The van der Waals surface area contributed by atoms with E-state index in [4.69, 9.17) is 16.3 Å². The maximum Gasteiger partial charge on any atom is 0.261 e. The normalized spacial score (nSPS) is 12.5. The van der Waals surface area contributed by atoms with Gasteiger partial charge in [-0.2, -0.15) is 0 Å². The summed E-state index contributed by atoms with van der Waals surface area (Å²) in [6.07, 6.45) is 0. The first kappa shape index (κ1) is 13.5. The number of methoxy groups -OCH3 is 1. The molecular weight excluding hydrogens is 246 g/mol. The maximum absolute atomic E-state index is 11.7. The standard InChI is InChI=1S/C11H16ClNO2S/c1-7-4-10(16-8(7)2)11(14)13-5-9(12)6-15-3/h4,9H,5-6H2,1-3H3,(H,13,14). The molecule has 0 aliphatic rings. The predicted molar refractivity (Wildman–Crippen MR) is 67.6 cm³/mol. The van der Waals surface area contributed by atoms with Crippen molar-refractivity contribution in [2.45, 2.75) is 19.2 Å². The summed E-state index contributed by atoms with van der Waals surface area (Å²) in [5.41, 5.74) is 1.15. The highest BCUT2D eigenvalue weighted by Crippen LogP contribution is 2.20. The van der Waals surface area contributed by atoms with Crippen LogP contribution in [0.15, 0.2) is 6.07 Å². The highest BCUT2D eigenvalue weighted by molar-refractivity contribution is 7.14. The number of ether oxygens (including phenoxy) is 1. The number of halogens is 1. The van der Waals surface area contributed by atoms with E-state index in [-0.39, 0.29) is 11.3 Å². The maximum atomic E-state index is 11.7. The Hall–Kier alpha value is -0.580. The highest BCUT2D eigenvalue weighted by atomic mass is 35.5. The average Bonchev–Trinajstić information content (AvgIpc) is 2.56. The smallest absolute Gasteiger partial charge is 0.261 e. The van der Waals surface area contributed by atoms with E-state index in [1.54, 1.807) is 7.11 Å². The fourth-order valence-electron chi connectivity index (χ4n) is 1.22. The lowest BCUT2D eigenvalue weighted by Crippen LogP contribution is -2.31. The molecule has 1 unspecified atom stereocenters. The van der Waals surface area contributed by atoms with E-state index in [9.17, 15) is 4.79 Å². The van der Waals surface area contributed by atoms with Crippen LogP contribution in [0.2, 0.25) is 0 Å². The molecule has 0 aliphatic carbocycles. The van der Waals surface area contributed by atoms with Gasteiger partial charge >= 0.3 is 0 Å². The van der Waals surface area contributed by atoms with Crippen LogP contribution in [-0.4, -0.2) is 31.5 Å². The summed E-state index contributed by atoms with van der Waals surface area (Å²) in [6.45, 7) is 4.86. The summed E-state index contributed by atoms with van der Waals surface area (Å²) in [5, 5.41) is 2.60. The molecule has 1 atom stereocenters. The number of thiophene rings is 1. The Labute approximate surface area is 105 Å². The molecule has 0 aliphatic heterocycles. The monoisotopic (exact) mass is 261 g/mol. The second-order valence-corrected chi connectivity index (χ2v) is 5.49. The van der Waals surface area contributed by atoms with Crippen LogP contribution in [0.4, 0.5) is 0 Å². The van der Waals surface area contributed by atoms with Gasteiger partial charge in [0, 0.05) is 18.5 Å². The molecule has 5 heteroatoms. The molecule has 3 nitrogen and oxygen atoms in total. The zero-order chi connectivity index (χ0) is 12.1. The van der Waals surface area contributed by atoms with Crippen LogP contribution in [0.3, 0.4) is 0 Å². The Morgan fingerprint density at radius 1 is 1.62 bits per heavy atom. The van der Waals surface area contributed by atoms with Gasteiger partial charge in [-0.3, -0.25) is 4.79 Å². The fourth-order valence-corrected chi connectivity index (χ4v) is 2.37. The summed E-state index contributed by atoms with van der Waals surface area (Å²) in [5.74, 6) is -0.0667. The Balaban J connectivity index is 2.46. The van der Waals surface area contributed by atoms with Crippen molar-refractivity contribution in [2.75, 3.05) is 20.3 Å². The molecule has 0 saturated carbocycles. The molecule has 0 fully saturated rings. The van der Waals surface area contributed by atoms with E-state index in [0.717, 1.165) is 10.4 Å². The molecule has 0 bridgehead atoms. The minimum absolute atomic E-state index is 0.0667. The molecule has 1 aromatic rings. The predicted octanol–water partition coefficient (Wildman–Crippen LogP) is 2.35. The lowest BCUT2D eigenvalue weighted by atomic mass is 10.3. The lowest BCUT2D eigenvalue weighted by Gasteiger charge is -2.08. The first-order valence-electron chi connectivity index (χ1n) is 5.02. The molecule has 1 rings (SSSR count). The number of nitrogens with one attached hydrogen (secondary N) is 1. The van der Waals surface area contributed by atoms with Crippen molar-refractivity contribution < 1.29 is 9.53 Å². The van der Waals surface area contributed by atoms with E-state index < -0.39 is 0 Å². The van der Waals surface area contributed by atoms with E-state index in [1.165, 1.54) is 16.2 Å². The number of carbonyl (C=O) groups is 1. The van der Waals surface area contributed by atoms with Crippen molar-refractivity contribution in [3.05, 3.63) is 21.4 Å². The van der Waals surface area contributed by atoms with Crippen molar-refractivity contribution in [1.82, 2.24) is 5.32 Å². The third kappa shape index (κ3) is 3.77. The van der Waals surface area contributed by atoms with Crippen molar-refractivity contribution in [3.63, 3.8) is 0 Å². The van der Waals surface area contributed by atoms with Gasteiger partial charge in [0.2, 0.25) is 0 Å². The summed E-state index contributed by atoms with van der Waals surface area (Å²) >= 11 is 7.41. The van der Waals surface area contributed by atoms with Gasteiger partial charge in [0.25, 0.3) is 5.91 Å². The van der Waals surface area contributed by atoms with Crippen LogP contribution in [0, 0.1) is 13.8 Å². The van der Waals surface area contributed by atoms with Crippen LogP contribution in [0.1, 0.15) is 20.1 Å². The van der Waals surface area contributed by atoms with Gasteiger partial charge in [-0.25, -0.2) is 0 Å². The molecule has 0 spiro atoms. The molecule has 0 saturated heterocycles. The molecule has 1 amide bonds. The average molecular weight is 262 g/mol. The van der Waals surface area contributed by atoms with Crippen LogP contribution in [0.25, 0.3) is 0 Å². The number of rotatable bonds is 5. The van der Waals surface area contributed by atoms with Crippen LogP contribution >= 0.6 is 22.9 Å². The van der Waals surface area contributed by atoms with Crippen molar-refractivity contribution in [1.29, 1.82) is 0 Å². The first-order valence-corrected chi connectivity index (χ1v) is 6.28. The molecule has 1 N–H and O–H groups in total. The van der Waals surface area contributed by atoms with Crippen molar-refractivity contribution in [3.8, 4) is 0 Å². The molecule has 1 aromatic heterocycles. The Kier molecular flexibility index (Phi) is 5.25. The number of amides is 1. The summed E-state index contributed by atoms with van der Waals surface area (Å²) in [7, 11) is 1.59. The zero-order valence-electron chi connectivity index (χ0n) is 9.67. The van der Waals surface area contributed by atoms with Gasteiger partial charge in [0.15, 0.2) is 0 Å². The van der Waals surface area contributed by atoms with Gasteiger partial charge in [0.05, 0.1) is 16.9 Å². The largest absolute Gasteiger partial charge is 0.383 e. The quantitative estimate of drug-likeness (QED) is 0.827. The fraction of sp³-hybridized carbons (Fsp3) is 0.545. The second-order valence-electron chi connectivity index (χ2n) is 3.61. The van der Waals surface area contributed by atoms with Crippen molar-refractivity contribution in [2.24, 2.45) is 0 Å². The van der Waals surface area contributed by atoms with Crippen LogP contribution in [-0.2, 0) is 4.74 Å². The number of hydrogen-bond donors (Lipinski definition) is 1. The highest BCUT2D eigenvalue weighted by Gasteiger charge is 2.12. The lowest BCUT2D eigenvalue weighted by molar-refractivity contribution is 0.0953. The Morgan fingerprint density at radius 3 is 2.81 bits per heavy atom. The van der Waals surface area contributed by atoms with E-state index in [0.29, 0.717) is 13.2 Å². The molecule has 0 radical (unpaired) electrons. The molecule has 1 heterocycles. The number of alkyl halides is 1. The van der Waals surface area contributed by atoms with Gasteiger partial charge in [-0.15, -0.1) is 22.9 Å². The Morgan fingerprint density at radius 2 is 2.31 bits per heavy atom. The molecule has 16 heavy (non-hydrogen) atoms. The van der Waals surface area contributed by atoms with Crippen LogP contribution in [0.5, 0.6) is 0 Å². The topological polar surface area (TPSA) is 38.3 Å². The number of carbonyl (C=O) groups excluding carboxylic acids is 1. The number of hydrogen-bond acceptors (Lipinski definition) is 3. The minimum atomic E-state index is -0.184. The van der Waals surface area contributed by atoms with Gasteiger partial charge in [-0.1, -0.05) is 0 Å². The van der Waals surface area contributed by atoms with Gasteiger partial charge in [-0.05, 0) is 25.5 Å². The van der Waals surface area contributed by atoms with E-state index in [1.807, 2.05) is 19.9 Å². The SMILES string of the molecule is COCC(Cl)CNC(=O)c1cc(C)c(C)s1. The van der Waals surface area contributed by atoms with E-state index in [2.05, 4.69) is 5.32 Å². The zero-order valence-corrected chi connectivity index (χ0v) is 11.2. The summed E-state index contributed by atoms with van der Waals surface area (Å²) in [4.78, 5) is 13.6.